The third kappa shape index (κ3) is 6.77. The second-order valence-corrected chi connectivity index (χ2v) is 6.83. The van der Waals surface area contributed by atoms with E-state index < -0.39 is 0 Å². The van der Waals surface area contributed by atoms with Crippen LogP contribution in [0.2, 0.25) is 0 Å². The average molecular weight is 314 g/mol. The first-order valence-corrected chi connectivity index (χ1v) is 8.05. The van der Waals surface area contributed by atoms with Gasteiger partial charge in [0, 0.05) is 18.7 Å². The lowest BCUT2D eigenvalue weighted by molar-refractivity contribution is 0.0917. The summed E-state index contributed by atoms with van der Waals surface area (Å²) in [6.07, 6.45) is 2.14. The maximum absolute atomic E-state index is 12.0. The second kappa shape index (κ2) is 8.19. The Hall–Kier alpha value is -1.34. The number of hydrogen-bond donors (Lipinski definition) is 3. The molecule has 1 rings (SSSR count). The van der Waals surface area contributed by atoms with Crippen LogP contribution in [0.5, 0.6) is 0 Å². The van der Waals surface area contributed by atoms with Gasteiger partial charge in [-0.25, -0.2) is 4.98 Å². The Bertz CT molecular complexity index is 454. The van der Waals surface area contributed by atoms with Gasteiger partial charge in [0.05, 0.1) is 6.61 Å². The maximum atomic E-state index is 12.0. The number of unbranched alkanes of at least 4 members (excludes halogenated alkanes) is 1. The number of nitrogen functional groups attached to an aromatic ring is 1. The molecule has 1 amide bonds. The summed E-state index contributed by atoms with van der Waals surface area (Å²) in [4.78, 5) is 16.6. The zero-order valence-electron chi connectivity index (χ0n) is 13.3. The van der Waals surface area contributed by atoms with Crippen LogP contribution in [0.3, 0.4) is 0 Å². The molecule has 21 heavy (non-hydrogen) atoms. The third-order valence-corrected chi connectivity index (χ3v) is 3.50. The van der Waals surface area contributed by atoms with E-state index in [1.54, 1.807) is 0 Å². The van der Waals surface area contributed by atoms with Crippen LogP contribution < -0.4 is 16.4 Å². The Morgan fingerprint density at radius 2 is 2.10 bits per heavy atom. The Morgan fingerprint density at radius 3 is 2.71 bits per heavy atom. The minimum Gasteiger partial charge on any atom is -0.382 e. The summed E-state index contributed by atoms with van der Waals surface area (Å²) in [6.45, 7) is 9.91. The first-order valence-electron chi connectivity index (χ1n) is 7.24. The molecule has 4 N–H and O–H groups in total. The first-order chi connectivity index (χ1) is 9.83. The fourth-order valence-corrected chi connectivity index (χ4v) is 2.54. The lowest BCUT2D eigenvalue weighted by atomic mass is 10.1. The summed E-state index contributed by atoms with van der Waals surface area (Å²) in [6, 6.07) is 0. The number of amides is 1. The molecule has 0 atom stereocenters. The van der Waals surface area contributed by atoms with Crippen molar-refractivity contribution < 1.29 is 9.53 Å². The van der Waals surface area contributed by atoms with Gasteiger partial charge in [-0.15, -0.1) is 0 Å². The number of nitrogens with zero attached hydrogens (tertiary/aromatic N) is 1. The van der Waals surface area contributed by atoms with Crippen molar-refractivity contribution in [1.82, 2.24) is 10.3 Å². The van der Waals surface area contributed by atoms with Gasteiger partial charge in [-0.05, 0) is 27.2 Å². The molecule has 0 aliphatic heterocycles. The first kappa shape index (κ1) is 17.7. The number of rotatable bonds is 8. The van der Waals surface area contributed by atoms with Crippen LogP contribution in [0.25, 0.3) is 0 Å². The van der Waals surface area contributed by atoms with Crippen LogP contribution in [0, 0.1) is 0 Å². The standard InChI is InChI=1S/C14H26N4O2S/c1-5-6-8-20-9-7-16-12(19)10-11(15)17-13(21-10)18-14(2,3)4/h5-9,15H2,1-4H3,(H,16,19)(H,17,18). The normalized spacial score (nSPS) is 11.4. The van der Waals surface area contributed by atoms with Crippen molar-refractivity contribution in [3.63, 3.8) is 0 Å². The van der Waals surface area contributed by atoms with Gasteiger partial charge in [-0.2, -0.15) is 0 Å². The summed E-state index contributed by atoms with van der Waals surface area (Å²) >= 11 is 1.27. The van der Waals surface area contributed by atoms with Gasteiger partial charge in [0.15, 0.2) is 5.13 Å². The van der Waals surface area contributed by atoms with Crippen LogP contribution >= 0.6 is 11.3 Å². The lowest BCUT2D eigenvalue weighted by Crippen LogP contribution is -2.27. The Labute approximate surface area is 130 Å². The molecule has 0 aliphatic carbocycles. The van der Waals surface area contributed by atoms with Crippen molar-refractivity contribution in [2.24, 2.45) is 0 Å². The summed E-state index contributed by atoms with van der Waals surface area (Å²) < 4.78 is 5.39. The molecule has 7 heteroatoms. The topological polar surface area (TPSA) is 89.3 Å². The van der Waals surface area contributed by atoms with Crippen molar-refractivity contribution >= 4 is 28.2 Å². The maximum Gasteiger partial charge on any atom is 0.265 e. The van der Waals surface area contributed by atoms with Crippen molar-refractivity contribution in [3.8, 4) is 0 Å². The zero-order valence-corrected chi connectivity index (χ0v) is 14.1. The minimum atomic E-state index is -0.203. The highest BCUT2D eigenvalue weighted by molar-refractivity contribution is 7.18. The number of aromatic nitrogens is 1. The largest absolute Gasteiger partial charge is 0.382 e. The number of ether oxygens (including phenoxy) is 1. The van der Waals surface area contributed by atoms with Gasteiger partial charge in [-0.1, -0.05) is 24.7 Å². The molecule has 0 saturated heterocycles. The molecule has 1 aromatic rings. The fourth-order valence-electron chi connectivity index (χ4n) is 1.53. The van der Waals surface area contributed by atoms with Gasteiger partial charge < -0.3 is 21.1 Å². The number of hydrogen-bond acceptors (Lipinski definition) is 6. The van der Waals surface area contributed by atoms with E-state index in [2.05, 4.69) is 22.5 Å². The van der Waals surface area contributed by atoms with E-state index in [0.29, 0.717) is 23.2 Å². The van der Waals surface area contributed by atoms with Crippen molar-refractivity contribution in [2.75, 3.05) is 30.8 Å². The summed E-state index contributed by atoms with van der Waals surface area (Å²) in [5.41, 5.74) is 5.68. The average Bonchev–Trinajstić information content (AvgIpc) is 2.72. The van der Waals surface area contributed by atoms with E-state index >= 15 is 0 Å². The fraction of sp³-hybridized carbons (Fsp3) is 0.714. The van der Waals surface area contributed by atoms with E-state index in [4.69, 9.17) is 10.5 Å². The molecule has 0 saturated carbocycles. The lowest BCUT2D eigenvalue weighted by Gasteiger charge is -2.19. The molecular weight excluding hydrogens is 288 g/mol. The van der Waals surface area contributed by atoms with Gasteiger partial charge in [0.2, 0.25) is 0 Å². The third-order valence-electron chi connectivity index (χ3n) is 2.52. The number of nitrogens with two attached hydrogens (primary N) is 1. The molecule has 0 unspecified atom stereocenters. The number of nitrogens with one attached hydrogen (secondary N) is 2. The molecule has 120 valence electrons. The highest BCUT2D eigenvalue weighted by Gasteiger charge is 2.18. The molecule has 0 aromatic carbocycles. The summed E-state index contributed by atoms with van der Waals surface area (Å²) in [5, 5.41) is 6.66. The van der Waals surface area contributed by atoms with Crippen LogP contribution in [0.4, 0.5) is 10.9 Å². The van der Waals surface area contributed by atoms with E-state index in [1.807, 2.05) is 20.8 Å². The number of anilines is 2. The van der Waals surface area contributed by atoms with E-state index in [9.17, 15) is 4.79 Å². The highest BCUT2D eigenvalue weighted by atomic mass is 32.1. The second-order valence-electron chi connectivity index (χ2n) is 5.83. The monoisotopic (exact) mass is 314 g/mol. The molecule has 0 radical (unpaired) electrons. The minimum absolute atomic E-state index is 0.120. The molecule has 6 nitrogen and oxygen atoms in total. The molecule has 0 spiro atoms. The van der Waals surface area contributed by atoms with Crippen LogP contribution in [0.1, 0.15) is 50.2 Å². The quantitative estimate of drug-likeness (QED) is 0.641. The van der Waals surface area contributed by atoms with Crippen molar-refractivity contribution in [1.29, 1.82) is 0 Å². The van der Waals surface area contributed by atoms with Crippen LogP contribution in [-0.2, 0) is 4.74 Å². The van der Waals surface area contributed by atoms with Gasteiger partial charge in [0.1, 0.15) is 10.7 Å². The molecular formula is C14H26N4O2S. The molecule has 1 aromatic heterocycles. The summed E-state index contributed by atoms with van der Waals surface area (Å²) in [5.74, 6) is 0.0576. The highest BCUT2D eigenvalue weighted by Crippen LogP contribution is 2.26. The number of carbonyl (C=O) groups excluding carboxylic acids is 1. The molecule has 0 fully saturated rings. The predicted molar refractivity (Wildman–Crippen MR) is 88.0 cm³/mol. The van der Waals surface area contributed by atoms with Gasteiger partial charge >= 0.3 is 0 Å². The summed E-state index contributed by atoms with van der Waals surface area (Å²) in [7, 11) is 0. The van der Waals surface area contributed by atoms with Crippen molar-refractivity contribution in [3.05, 3.63) is 4.88 Å². The predicted octanol–water partition coefficient (Wildman–Crippen LogP) is 2.48. The van der Waals surface area contributed by atoms with E-state index in [0.717, 1.165) is 19.4 Å². The van der Waals surface area contributed by atoms with Gasteiger partial charge in [0.25, 0.3) is 5.91 Å². The number of carbonyl (C=O) groups is 1. The number of thiazole rings is 1. The molecule has 0 bridgehead atoms. The Kier molecular flexibility index (Phi) is 6.91. The Morgan fingerprint density at radius 1 is 1.38 bits per heavy atom. The van der Waals surface area contributed by atoms with Crippen molar-refractivity contribution in [2.45, 2.75) is 46.1 Å². The molecule has 1 heterocycles. The SMILES string of the molecule is CCCCOCCNC(=O)c1sc(NC(C)(C)C)nc1N. The van der Waals surface area contributed by atoms with E-state index in [1.165, 1.54) is 11.3 Å². The van der Waals surface area contributed by atoms with Crippen LogP contribution in [-0.4, -0.2) is 36.2 Å². The smallest absolute Gasteiger partial charge is 0.265 e. The van der Waals surface area contributed by atoms with Gasteiger partial charge in [-0.3, -0.25) is 4.79 Å². The molecule has 0 aliphatic rings. The zero-order chi connectivity index (χ0) is 15.9. The Balaban J connectivity index is 2.43. The van der Waals surface area contributed by atoms with Crippen LogP contribution in [0.15, 0.2) is 0 Å². The van der Waals surface area contributed by atoms with E-state index in [-0.39, 0.29) is 17.3 Å².